The SMILES string of the molecule is CCCC[C@H]1CC=C(C)C(=O)C1. The first-order chi connectivity index (χ1) is 5.74. The smallest absolute Gasteiger partial charge is 0.158 e. The van der Waals surface area contributed by atoms with Crippen LogP contribution in [0.1, 0.15) is 46.0 Å². The number of carbonyl (C=O) groups excluding carboxylic acids is 1. The van der Waals surface area contributed by atoms with Gasteiger partial charge in [0, 0.05) is 6.42 Å². The molecule has 1 nitrogen and oxygen atoms in total. The lowest BCUT2D eigenvalue weighted by atomic mass is 9.86. The largest absolute Gasteiger partial charge is 0.295 e. The number of hydrogen-bond acceptors (Lipinski definition) is 1. The molecule has 0 N–H and O–H groups in total. The van der Waals surface area contributed by atoms with E-state index in [9.17, 15) is 4.79 Å². The third-order valence-corrected chi connectivity index (χ3v) is 2.64. The predicted octanol–water partition coefficient (Wildman–Crippen LogP) is 3.10. The second-order valence-corrected chi connectivity index (χ2v) is 3.76. The van der Waals surface area contributed by atoms with E-state index in [2.05, 4.69) is 13.0 Å². The zero-order valence-corrected chi connectivity index (χ0v) is 8.10. The maximum absolute atomic E-state index is 11.3. The molecule has 1 atom stereocenters. The summed E-state index contributed by atoms with van der Waals surface area (Å²) >= 11 is 0. The first kappa shape index (κ1) is 9.50. The van der Waals surface area contributed by atoms with Gasteiger partial charge in [-0.05, 0) is 31.3 Å². The van der Waals surface area contributed by atoms with Crippen LogP contribution < -0.4 is 0 Å². The van der Waals surface area contributed by atoms with Crippen LogP contribution >= 0.6 is 0 Å². The average Bonchev–Trinajstić information content (AvgIpc) is 2.07. The van der Waals surface area contributed by atoms with E-state index in [1.54, 1.807) is 0 Å². The fourth-order valence-corrected chi connectivity index (χ4v) is 1.68. The van der Waals surface area contributed by atoms with E-state index in [4.69, 9.17) is 0 Å². The number of allylic oxidation sites excluding steroid dienone is 2. The summed E-state index contributed by atoms with van der Waals surface area (Å²) in [5, 5.41) is 0. The molecule has 12 heavy (non-hydrogen) atoms. The molecule has 0 aromatic rings. The van der Waals surface area contributed by atoms with Gasteiger partial charge in [0.05, 0.1) is 0 Å². The highest BCUT2D eigenvalue weighted by Crippen LogP contribution is 2.24. The Balaban J connectivity index is 2.37. The van der Waals surface area contributed by atoms with Crippen LogP contribution in [0.3, 0.4) is 0 Å². The second kappa shape index (κ2) is 4.44. The van der Waals surface area contributed by atoms with Crippen molar-refractivity contribution in [3.8, 4) is 0 Å². The maximum atomic E-state index is 11.3. The Hall–Kier alpha value is -0.590. The van der Waals surface area contributed by atoms with Crippen molar-refractivity contribution in [2.45, 2.75) is 46.0 Å². The summed E-state index contributed by atoms with van der Waals surface area (Å²) in [6.45, 7) is 4.13. The van der Waals surface area contributed by atoms with Gasteiger partial charge >= 0.3 is 0 Å². The van der Waals surface area contributed by atoms with E-state index < -0.39 is 0 Å². The summed E-state index contributed by atoms with van der Waals surface area (Å²) in [7, 11) is 0. The van der Waals surface area contributed by atoms with Gasteiger partial charge in [-0.25, -0.2) is 0 Å². The lowest BCUT2D eigenvalue weighted by molar-refractivity contribution is -0.116. The molecule has 0 aromatic carbocycles. The van der Waals surface area contributed by atoms with Crippen LogP contribution in [0, 0.1) is 5.92 Å². The summed E-state index contributed by atoms with van der Waals surface area (Å²) in [6.07, 6.45) is 7.76. The van der Waals surface area contributed by atoms with Gasteiger partial charge in [0.1, 0.15) is 0 Å². The topological polar surface area (TPSA) is 17.1 Å². The number of rotatable bonds is 3. The number of ketones is 1. The lowest BCUT2D eigenvalue weighted by Gasteiger charge is -2.18. The molecule has 1 aliphatic carbocycles. The molecule has 1 heteroatoms. The minimum Gasteiger partial charge on any atom is -0.295 e. The van der Waals surface area contributed by atoms with Gasteiger partial charge in [0.15, 0.2) is 5.78 Å². The highest BCUT2D eigenvalue weighted by atomic mass is 16.1. The Bertz CT molecular complexity index is 191. The summed E-state index contributed by atoms with van der Waals surface area (Å²) in [5.74, 6) is 1.00. The van der Waals surface area contributed by atoms with Crippen LogP contribution in [-0.2, 0) is 4.79 Å². The van der Waals surface area contributed by atoms with E-state index in [-0.39, 0.29) is 0 Å². The van der Waals surface area contributed by atoms with Crippen molar-refractivity contribution < 1.29 is 4.79 Å². The predicted molar refractivity (Wildman–Crippen MR) is 51.0 cm³/mol. The highest BCUT2D eigenvalue weighted by Gasteiger charge is 2.18. The maximum Gasteiger partial charge on any atom is 0.158 e. The Morgan fingerprint density at radius 1 is 1.58 bits per heavy atom. The van der Waals surface area contributed by atoms with Gasteiger partial charge in [-0.3, -0.25) is 4.79 Å². The molecule has 0 spiro atoms. The Labute approximate surface area is 74.9 Å². The monoisotopic (exact) mass is 166 g/mol. The van der Waals surface area contributed by atoms with Crippen LogP contribution in [0.4, 0.5) is 0 Å². The molecule has 0 unspecified atom stereocenters. The van der Waals surface area contributed by atoms with Gasteiger partial charge in [-0.1, -0.05) is 25.8 Å². The van der Waals surface area contributed by atoms with Crippen LogP contribution in [0.5, 0.6) is 0 Å². The van der Waals surface area contributed by atoms with E-state index in [1.807, 2.05) is 6.92 Å². The summed E-state index contributed by atoms with van der Waals surface area (Å²) in [5.41, 5.74) is 0.975. The van der Waals surface area contributed by atoms with Gasteiger partial charge in [-0.15, -0.1) is 0 Å². The molecule has 0 aliphatic heterocycles. The number of unbranched alkanes of at least 4 members (excludes halogenated alkanes) is 1. The lowest BCUT2D eigenvalue weighted by Crippen LogP contribution is -2.14. The van der Waals surface area contributed by atoms with Crippen LogP contribution in [0.2, 0.25) is 0 Å². The molecular formula is C11H18O. The third-order valence-electron chi connectivity index (χ3n) is 2.64. The van der Waals surface area contributed by atoms with E-state index in [0.717, 1.165) is 18.4 Å². The van der Waals surface area contributed by atoms with Gasteiger partial charge in [0.2, 0.25) is 0 Å². The molecule has 0 radical (unpaired) electrons. The molecule has 0 saturated carbocycles. The number of hydrogen-bond donors (Lipinski definition) is 0. The first-order valence-corrected chi connectivity index (χ1v) is 4.94. The van der Waals surface area contributed by atoms with Crippen molar-refractivity contribution in [2.24, 2.45) is 5.92 Å². The van der Waals surface area contributed by atoms with Crippen LogP contribution in [0.15, 0.2) is 11.6 Å². The van der Waals surface area contributed by atoms with Gasteiger partial charge in [0.25, 0.3) is 0 Å². The number of Topliss-reactive ketones (excluding diaryl/α,β-unsaturated/α-hetero) is 1. The highest BCUT2D eigenvalue weighted by molar-refractivity contribution is 5.95. The zero-order chi connectivity index (χ0) is 8.97. The molecule has 0 fully saturated rings. The van der Waals surface area contributed by atoms with Crippen molar-refractivity contribution in [1.82, 2.24) is 0 Å². The molecular weight excluding hydrogens is 148 g/mol. The van der Waals surface area contributed by atoms with E-state index in [0.29, 0.717) is 11.7 Å². The van der Waals surface area contributed by atoms with Crippen LogP contribution in [-0.4, -0.2) is 5.78 Å². The minimum atomic E-state index is 0.363. The molecule has 0 bridgehead atoms. The molecule has 0 saturated heterocycles. The van der Waals surface area contributed by atoms with Crippen LogP contribution in [0.25, 0.3) is 0 Å². The van der Waals surface area contributed by atoms with Gasteiger partial charge < -0.3 is 0 Å². The molecule has 0 aromatic heterocycles. The second-order valence-electron chi connectivity index (χ2n) is 3.76. The van der Waals surface area contributed by atoms with Crippen molar-refractivity contribution in [3.05, 3.63) is 11.6 Å². The standard InChI is InChI=1S/C11H18O/c1-3-4-5-10-7-6-9(2)11(12)8-10/h6,10H,3-5,7-8H2,1-2H3/t10-/m0/s1. The number of carbonyl (C=O) groups is 1. The normalized spacial score (nSPS) is 24.0. The van der Waals surface area contributed by atoms with Crippen molar-refractivity contribution >= 4 is 5.78 Å². The third kappa shape index (κ3) is 2.47. The van der Waals surface area contributed by atoms with E-state index in [1.165, 1.54) is 19.3 Å². The Kier molecular flexibility index (Phi) is 3.51. The van der Waals surface area contributed by atoms with Crippen molar-refractivity contribution in [2.75, 3.05) is 0 Å². The fraction of sp³-hybridized carbons (Fsp3) is 0.727. The molecule has 0 heterocycles. The zero-order valence-electron chi connectivity index (χ0n) is 8.10. The van der Waals surface area contributed by atoms with Gasteiger partial charge in [-0.2, -0.15) is 0 Å². The summed E-state index contributed by atoms with van der Waals surface area (Å²) in [6, 6.07) is 0. The minimum absolute atomic E-state index is 0.363. The van der Waals surface area contributed by atoms with E-state index >= 15 is 0 Å². The molecule has 1 aliphatic rings. The average molecular weight is 166 g/mol. The van der Waals surface area contributed by atoms with Crippen molar-refractivity contribution in [3.63, 3.8) is 0 Å². The fourth-order valence-electron chi connectivity index (χ4n) is 1.68. The summed E-state index contributed by atoms with van der Waals surface area (Å²) < 4.78 is 0. The first-order valence-electron chi connectivity index (χ1n) is 4.94. The Morgan fingerprint density at radius 2 is 2.33 bits per heavy atom. The molecule has 0 amide bonds. The van der Waals surface area contributed by atoms with Crippen molar-refractivity contribution in [1.29, 1.82) is 0 Å². The molecule has 68 valence electrons. The molecule has 1 rings (SSSR count). The summed E-state index contributed by atoms with van der Waals surface area (Å²) in [4.78, 5) is 11.3. The quantitative estimate of drug-likeness (QED) is 0.629. The Morgan fingerprint density at radius 3 is 2.92 bits per heavy atom.